The molecule has 1 atom stereocenters. The number of carbonyl (C=O) groups excluding carboxylic acids is 2. The number of hydrogen-bond acceptors (Lipinski definition) is 4. The van der Waals surface area contributed by atoms with Crippen LogP contribution in [-0.2, 0) is 14.3 Å². The van der Waals surface area contributed by atoms with Crippen LogP contribution in [0.25, 0.3) is 11.1 Å². The lowest BCUT2D eigenvalue weighted by atomic mass is 9.98. The van der Waals surface area contributed by atoms with Gasteiger partial charge in [0, 0.05) is 24.9 Å². The SMILES string of the molecule is CC(C)CN(CC(=O)O)C(=O)CC(NC(=O)OCC1c2ccccc2-c2ccccc21)C(C)C. The quantitative estimate of drug-likeness (QED) is 0.537. The first-order valence-corrected chi connectivity index (χ1v) is 11.8. The minimum Gasteiger partial charge on any atom is -0.480 e. The van der Waals surface area contributed by atoms with E-state index in [9.17, 15) is 14.4 Å². The van der Waals surface area contributed by atoms with Gasteiger partial charge in [-0.1, -0.05) is 76.2 Å². The second-order valence-corrected chi connectivity index (χ2v) is 9.59. The summed E-state index contributed by atoms with van der Waals surface area (Å²) in [6.45, 7) is 7.86. The highest BCUT2D eigenvalue weighted by Crippen LogP contribution is 2.44. The molecule has 1 aliphatic rings. The number of carboxylic acid groups (broad SMARTS) is 1. The maximum atomic E-state index is 12.8. The van der Waals surface area contributed by atoms with Crippen molar-refractivity contribution in [2.24, 2.45) is 11.8 Å². The lowest BCUT2D eigenvalue weighted by Gasteiger charge is -2.27. The molecule has 0 saturated carbocycles. The summed E-state index contributed by atoms with van der Waals surface area (Å²) in [4.78, 5) is 38.0. The topological polar surface area (TPSA) is 95.9 Å². The number of carbonyl (C=O) groups is 3. The van der Waals surface area contributed by atoms with Crippen molar-refractivity contribution < 1.29 is 24.2 Å². The fourth-order valence-corrected chi connectivity index (χ4v) is 4.42. The van der Waals surface area contributed by atoms with Crippen LogP contribution in [0.3, 0.4) is 0 Å². The van der Waals surface area contributed by atoms with Crippen LogP contribution in [0.5, 0.6) is 0 Å². The Labute approximate surface area is 201 Å². The minimum atomic E-state index is -1.06. The van der Waals surface area contributed by atoms with Gasteiger partial charge in [0.15, 0.2) is 0 Å². The lowest BCUT2D eigenvalue weighted by Crippen LogP contribution is -2.45. The first kappa shape index (κ1) is 25.3. The number of hydrogen-bond donors (Lipinski definition) is 2. The van der Waals surface area contributed by atoms with Crippen molar-refractivity contribution in [3.8, 4) is 11.1 Å². The molecule has 0 aromatic heterocycles. The Bertz CT molecular complexity index is 988. The predicted molar refractivity (Wildman–Crippen MR) is 131 cm³/mol. The Morgan fingerprint density at radius 2 is 1.53 bits per heavy atom. The van der Waals surface area contributed by atoms with Gasteiger partial charge in [-0.15, -0.1) is 0 Å². The molecule has 182 valence electrons. The molecule has 0 fully saturated rings. The van der Waals surface area contributed by atoms with Crippen LogP contribution in [0.2, 0.25) is 0 Å². The van der Waals surface area contributed by atoms with Gasteiger partial charge in [-0.3, -0.25) is 9.59 Å². The molecule has 0 spiro atoms. The summed E-state index contributed by atoms with van der Waals surface area (Å²) in [6, 6.07) is 15.8. The largest absolute Gasteiger partial charge is 0.480 e. The Morgan fingerprint density at radius 1 is 0.971 bits per heavy atom. The van der Waals surface area contributed by atoms with Crippen molar-refractivity contribution in [1.29, 1.82) is 0 Å². The molecule has 0 heterocycles. The molecule has 3 rings (SSSR count). The van der Waals surface area contributed by atoms with Crippen LogP contribution in [0.15, 0.2) is 48.5 Å². The van der Waals surface area contributed by atoms with Crippen LogP contribution >= 0.6 is 0 Å². The van der Waals surface area contributed by atoms with E-state index in [1.54, 1.807) is 0 Å². The molecule has 0 aliphatic heterocycles. The Balaban J connectivity index is 1.63. The fraction of sp³-hybridized carbons (Fsp3) is 0.444. The van der Waals surface area contributed by atoms with Gasteiger partial charge in [0.1, 0.15) is 13.2 Å². The van der Waals surface area contributed by atoms with Crippen molar-refractivity contribution >= 4 is 18.0 Å². The average molecular weight is 467 g/mol. The molecule has 2 aromatic rings. The van der Waals surface area contributed by atoms with Crippen molar-refractivity contribution in [2.45, 2.75) is 46.1 Å². The summed E-state index contributed by atoms with van der Waals surface area (Å²) in [7, 11) is 0. The number of nitrogens with zero attached hydrogens (tertiary/aromatic N) is 1. The number of nitrogens with one attached hydrogen (secondary N) is 1. The molecular formula is C27H34N2O5. The number of carboxylic acids is 1. The molecule has 0 bridgehead atoms. The number of alkyl carbamates (subject to hydrolysis) is 1. The van der Waals surface area contributed by atoms with Crippen LogP contribution < -0.4 is 5.32 Å². The monoisotopic (exact) mass is 466 g/mol. The van der Waals surface area contributed by atoms with Crippen LogP contribution in [0, 0.1) is 11.8 Å². The van der Waals surface area contributed by atoms with Gasteiger partial charge in [0.05, 0.1) is 0 Å². The molecule has 2 N–H and O–H groups in total. The van der Waals surface area contributed by atoms with Gasteiger partial charge in [-0.25, -0.2) is 4.79 Å². The second-order valence-electron chi connectivity index (χ2n) is 9.59. The van der Waals surface area contributed by atoms with E-state index in [4.69, 9.17) is 9.84 Å². The van der Waals surface area contributed by atoms with E-state index < -0.39 is 18.1 Å². The maximum Gasteiger partial charge on any atom is 0.407 e. The van der Waals surface area contributed by atoms with Gasteiger partial charge in [-0.05, 0) is 34.1 Å². The second kappa shape index (κ2) is 11.2. The highest BCUT2D eigenvalue weighted by molar-refractivity contribution is 5.82. The fourth-order valence-electron chi connectivity index (χ4n) is 4.42. The van der Waals surface area contributed by atoms with Crippen molar-refractivity contribution in [2.75, 3.05) is 19.7 Å². The predicted octanol–water partition coefficient (Wildman–Crippen LogP) is 4.51. The number of aliphatic carboxylic acids is 1. The van der Waals surface area contributed by atoms with Gasteiger partial charge in [-0.2, -0.15) is 0 Å². The van der Waals surface area contributed by atoms with Gasteiger partial charge >= 0.3 is 12.1 Å². The summed E-state index contributed by atoms with van der Waals surface area (Å²) in [5.74, 6) is -1.30. The summed E-state index contributed by atoms with van der Waals surface area (Å²) in [6.07, 6.45) is -0.566. The van der Waals surface area contributed by atoms with Crippen molar-refractivity contribution in [3.05, 3.63) is 59.7 Å². The van der Waals surface area contributed by atoms with Crippen LogP contribution in [0.1, 0.15) is 51.2 Å². The van der Waals surface area contributed by atoms with E-state index in [1.165, 1.54) is 4.90 Å². The Kier molecular flexibility index (Phi) is 8.31. The molecule has 34 heavy (non-hydrogen) atoms. The zero-order valence-corrected chi connectivity index (χ0v) is 20.3. The Morgan fingerprint density at radius 3 is 2.03 bits per heavy atom. The van der Waals surface area contributed by atoms with Crippen molar-refractivity contribution in [3.63, 3.8) is 0 Å². The molecule has 0 saturated heterocycles. The summed E-state index contributed by atoms with van der Waals surface area (Å²) in [5, 5.41) is 12.0. The molecule has 2 aromatic carbocycles. The highest BCUT2D eigenvalue weighted by atomic mass is 16.5. The third-order valence-electron chi connectivity index (χ3n) is 6.11. The normalized spacial score (nSPS) is 13.4. The lowest BCUT2D eigenvalue weighted by molar-refractivity contribution is -0.145. The smallest absolute Gasteiger partial charge is 0.407 e. The van der Waals surface area contributed by atoms with Crippen LogP contribution in [0.4, 0.5) is 4.79 Å². The molecule has 1 unspecified atom stereocenters. The molecule has 7 nitrogen and oxygen atoms in total. The number of rotatable bonds is 10. The minimum absolute atomic E-state index is 0.0157. The standard InChI is InChI=1S/C27H34N2O5/c1-17(2)14-29(15-26(31)32)25(30)13-24(18(3)4)28-27(33)34-16-23-21-11-7-5-9-19(21)20-10-6-8-12-22(20)23/h5-12,17-18,23-24H,13-16H2,1-4H3,(H,28,33)(H,31,32). The summed E-state index contributed by atoms with van der Waals surface area (Å²) in [5.41, 5.74) is 4.57. The Hall–Kier alpha value is -3.35. The van der Waals surface area contributed by atoms with E-state index in [0.717, 1.165) is 22.3 Å². The molecule has 1 aliphatic carbocycles. The first-order valence-electron chi connectivity index (χ1n) is 11.8. The van der Waals surface area contributed by atoms with Crippen molar-refractivity contribution in [1.82, 2.24) is 10.2 Å². The van der Waals surface area contributed by atoms with E-state index in [0.29, 0.717) is 6.54 Å². The first-order chi connectivity index (χ1) is 16.2. The average Bonchev–Trinajstić information content (AvgIpc) is 3.10. The van der Waals surface area contributed by atoms with Gasteiger partial charge < -0.3 is 20.1 Å². The highest BCUT2D eigenvalue weighted by Gasteiger charge is 2.30. The zero-order valence-electron chi connectivity index (χ0n) is 20.3. The molecular weight excluding hydrogens is 432 g/mol. The maximum absolute atomic E-state index is 12.8. The van der Waals surface area contributed by atoms with E-state index in [2.05, 4.69) is 29.6 Å². The summed E-state index contributed by atoms with van der Waals surface area (Å²) >= 11 is 0. The number of ether oxygens (including phenoxy) is 1. The molecule has 2 amide bonds. The number of benzene rings is 2. The molecule has 7 heteroatoms. The molecule has 0 radical (unpaired) electrons. The van der Waals surface area contributed by atoms with Crippen LogP contribution in [-0.4, -0.2) is 53.7 Å². The van der Waals surface area contributed by atoms with E-state index in [1.807, 2.05) is 52.0 Å². The third kappa shape index (κ3) is 6.16. The number of amides is 2. The van der Waals surface area contributed by atoms with E-state index in [-0.39, 0.29) is 43.2 Å². The van der Waals surface area contributed by atoms with Gasteiger partial charge in [0.2, 0.25) is 5.91 Å². The third-order valence-corrected chi connectivity index (χ3v) is 6.11. The van der Waals surface area contributed by atoms with Gasteiger partial charge in [0.25, 0.3) is 0 Å². The summed E-state index contributed by atoms with van der Waals surface area (Å²) < 4.78 is 5.62. The zero-order chi connectivity index (χ0) is 24.8. The number of fused-ring (bicyclic) bond motifs is 3. The van der Waals surface area contributed by atoms with E-state index >= 15 is 0 Å².